The molecular formula is C80H60N2S. The zero-order valence-corrected chi connectivity index (χ0v) is 47.9. The molecule has 11 aromatic rings. The summed E-state index contributed by atoms with van der Waals surface area (Å²) in [5.74, 6) is 0. The molecule has 2 nitrogen and oxygen atoms in total. The lowest BCUT2D eigenvalue weighted by Gasteiger charge is -2.44. The molecule has 0 saturated carbocycles. The van der Waals surface area contributed by atoms with Crippen LogP contribution in [0.25, 0.3) is 50.1 Å². The maximum atomic E-state index is 2.56. The molecule has 4 aliphatic carbocycles. The molecule has 0 bridgehead atoms. The first-order chi connectivity index (χ1) is 40.7. The summed E-state index contributed by atoms with van der Waals surface area (Å²) in [6, 6.07) is 98.1. The molecule has 0 N–H and O–H groups in total. The summed E-state index contributed by atoms with van der Waals surface area (Å²) in [7, 11) is 0. The molecule has 0 amide bonds. The van der Waals surface area contributed by atoms with Crippen molar-refractivity contribution in [1.82, 2.24) is 0 Å². The predicted molar refractivity (Wildman–Crippen MR) is 348 cm³/mol. The van der Waals surface area contributed by atoms with E-state index in [1.165, 1.54) is 116 Å². The van der Waals surface area contributed by atoms with Crippen molar-refractivity contribution in [3.63, 3.8) is 0 Å². The standard InChI is InChI=1S/C80H60N2S/c1-78(2)67-31-15-11-26-61(67)64-48-46-58(50-72(64)78)81(56-42-38-53(39-43-56)52-22-7-5-8-23-52)57-44-40-54(41-45-57)60-30-21-35-71-77(60)83-75-37-20-18-34-70(75)80(71)69-33-17-13-28-63(69)66-29-14-19-36-74(76(66)80)82(55-24-9-6-10-25-55)59-47-49-65-62-27-12-16-32-68(62)79(3,4)73(65)51-59/h5-28,30-51H,29H2,1-4H3. The van der Waals surface area contributed by atoms with Gasteiger partial charge in [0.2, 0.25) is 0 Å². The third-order valence-corrected chi connectivity index (χ3v) is 20.0. The van der Waals surface area contributed by atoms with E-state index >= 15 is 0 Å². The van der Waals surface area contributed by atoms with E-state index in [1.807, 2.05) is 11.8 Å². The molecule has 0 saturated heterocycles. The summed E-state index contributed by atoms with van der Waals surface area (Å²) in [5, 5.41) is 0. The summed E-state index contributed by atoms with van der Waals surface area (Å²) in [6.45, 7) is 9.51. The van der Waals surface area contributed by atoms with Crippen LogP contribution in [0.4, 0.5) is 28.4 Å². The third kappa shape index (κ3) is 7.37. The highest BCUT2D eigenvalue weighted by atomic mass is 32.2. The number of fused-ring (bicyclic) bond motifs is 14. The van der Waals surface area contributed by atoms with Crippen molar-refractivity contribution in [2.45, 2.75) is 60.2 Å². The van der Waals surface area contributed by atoms with Crippen LogP contribution in [0, 0.1) is 0 Å². The molecule has 83 heavy (non-hydrogen) atoms. The molecule has 396 valence electrons. The number of hydrogen-bond acceptors (Lipinski definition) is 3. The van der Waals surface area contributed by atoms with E-state index in [9.17, 15) is 0 Å². The van der Waals surface area contributed by atoms with Crippen LogP contribution >= 0.6 is 11.8 Å². The van der Waals surface area contributed by atoms with Gasteiger partial charge in [0, 0.05) is 49.1 Å². The monoisotopic (exact) mass is 1080 g/mol. The Bertz CT molecular complexity index is 4540. The Morgan fingerprint density at radius 3 is 1.43 bits per heavy atom. The van der Waals surface area contributed by atoms with Gasteiger partial charge in [-0.3, -0.25) is 0 Å². The van der Waals surface area contributed by atoms with Crippen molar-refractivity contribution in [3.05, 3.63) is 335 Å². The smallest absolute Gasteiger partial charge is 0.0752 e. The van der Waals surface area contributed by atoms with E-state index in [4.69, 9.17) is 0 Å². The van der Waals surface area contributed by atoms with Gasteiger partial charge in [0.1, 0.15) is 0 Å². The van der Waals surface area contributed by atoms with Gasteiger partial charge in [-0.15, -0.1) is 0 Å². The second-order valence-electron chi connectivity index (χ2n) is 23.9. The summed E-state index contributed by atoms with van der Waals surface area (Å²) >= 11 is 1.92. The minimum Gasteiger partial charge on any atom is -0.310 e. The number of allylic oxidation sites excluding steroid dienone is 5. The van der Waals surface area contributed by atoms with Crippen molar-refractivity contribution >= 4 is 45.8 Å². The van der Waals surface area contributed by atoms with Gasteiger partial charge in [-0.25, -0.2) is 0 Å². The molecule has 1 aliphatic heterocycles. The number of hydrogen-bond donors (Lipinski definition) is 0. The molecule has 1 heterocycles. The van der Waals surface area contributed by atoms with Gasteiger partial charge >= 0.3 is 0 Å². The lowest BCUT2D eigenvalue weighted by atomic mass is 9.65. The summed E-state index contributed by atoms with van der Waals surface area (Å²) in [4.78, 5) is 7.57. The van der Waals surface area contributed by atoms with Crippen molar-refractivity contribution in [1.29, 1.82) is 0 Å². The number of nitrogens with zero attached hydrogens (tertiary/aromatic N) is 2. The quantitative estimate of drug-likeness (QED) is 0.150. The van der Waals surface area contributed by atoms with Gasteiger partial charge in [-0.05, 0) is 179 Å². The number of anilines is 5. The Balaban J connectivity index is 0.859. The molecule has 16 rings (SSSR count). The van der Waals surface area contributed by atoms with Crippen molar-refractivity contribution in [2.24, 2.45) is 0 Å². The van der Waals surface area contributed by atoms with Crippen LogP contribution < -0.4 is 9.80 Å². The molecule has 3 heteroatoms. The van der Waals surface area contributed by atoms with Gasteiger partial charge in [0.25, 0.3) is 0 Å². The maximum Gasteiger partial charge on any atom is 0.0752 e. The van der Waals surface area contributed by atoms with Crippen LogP contribution in [0.15, 0.2) is 300 Å². The van der Waals surface area contributed by atoms with Gasteiger partial charge in [-0.2, -0.15) is 0 Å². The predicted octanol–water partition coefficient (Wildman–Crippen LogP) is 21.4. The lowest BCUT2D eigenvalue weighted by Crippen LogP contribution is -2.36. The van der Waals surface area contributed by atoms with Gasteiger partial charge in [-0.1, -0.05) is 246 Å². The van der Waals surface area contributed by atoms with E-state index in [-0.39, 0.29) is 10.8 Å². The first-order valence-electron chi connectivity index (χ1n) is 29.2. The fourth-order valence-electron chi connectivity index (χ4n) is 14.9. The van der Waals surface area contributed by atoms with Crippen LogP contribution in [0.2, 0.25) is 0 Å². The van der Waals surface area contributed by atoms with Crippen LogP contribution in [0.5, 0.6) is 0 Å². The number of para-hydroxylation sites is 1. The first-order valence-corrected chi connectivity index (χ1v) is 30.0. The molecule has 1 spiro atoms. The highest BCUT2D eigenvalue weighted by Gasteiger charge is 2.54. The van der Waals surface area contributed by atoms with E-state index in [0.29, 0.717) is 0 Å². The Hall–Kier alpha value is -9.41. The van der Waals surface area contributed by atoms with Crippen LogP contribution in [-0.2, 0) is 16.2 Å². The van der Waals surface area contributed by atoms with Gasteiger partial charge < -0.3 is 9.80 Å². The topological polar surface area (TPSA) is 6.48 Å². The van der Waals surface area contributed by atoms with Crippen LogP contribution in [-0.4, -0.2) is 0 Å². The SMILES string of the molecule is CC1(C)c2ccccc2-c2ccc(N(C3=CC=CCC4=C3C3(c5ccccc5Sc5c(-c6ccc(N(c7ccc(-c8ccccc8)cc7)c7ccc8c(c7)C(C)(C)c7ccccc7-8)cc6)cccc53)c3ccccc34)c3ccccc3)cc21. The molecular weight excluding hydrogens is 1020 g/mol. The van der Waals surface area contributed by atoms with Crippen molar-refractivity contribution in [3.8, 4) is 44.5 Å². The molecule has 1 unspecified atom stereocenters. The largest absolute Gasteiger partial charge is 0.310 e. The van der Waals surface area contributed by atoms with E-state index in [2.05, 4.69) is 317 Å². The molecule has 0 aromatic heterocycles. The molecule has 0 radical (unpaired) electrons. The fraction of sp³-hybridized carbons (Fsp3) is 0.100. The van der Waals surface area contributed by atoms with Crippen LogP contribution in [0.3, 0.4) is 0 Å². The Labute approximate surface area is 492 Å². The van der Waals surface area contributed by atoms with Crippen LogP contribution in [0.1, 0.15) is 78.6 Å². The van der Waals surface area contributed by atoms with Crippen molar-refractivity contribution in [2.75, 3.05) is 9.80 Å². The normalized spacial score (nSPS) is 16.8. The van der Waals surface area contributed by atoms with Gasteiger partial charge in [0.05, 0.1) is 11.1 Å². The first kappa shape index (κ1) is 49.4. The van der Waals surface area contributed by atoms with E-state index in [1.54, 1.807) is 0 Å². The highest BCUT2D eigenvalue weighted by molar-refractivity contribution is 7.99. The Kier molecular flexibility index (Phi) is 11.2. The minimum absolute atomic E-state index is 0.138. The Morgan fingerprint density at radius 1 is 0.337 bits per heavy atom. The second-order valence-corrected chi connectivity index (χ2v) is 24.9. The Morgan fingerprint density at radius 2 is 0.795 bits per heavy atom. The summed E-state index contributed by atoms with van der Waals surface area (Å²) in [5.41, 5.74) is 29.4. The number of rotatable bonds is 8. The molecule has 5 aliphatic rings. The zero-order chi connectivity index (χ0) is 55.6. The van der Waals surface area contributed by atoms with E-state index in [0.717, 1.165) is 34.9 Å². The van der Waals surface area contributed by atoms with Gasteiger partial charge in [0.15, 0.2) is 0 Å². The number of benzene rings is 11. The summed E-state index contributed by atoms with van der Waals surface area (Å²) in [6.07, 6.45) is 7.90. The average molecular weight is 1080 g/mol. The lowest BCUT2D eigenvalue weighted by molar-refractivity contribution is 0.660. The maximum absolute atomic E-state index is 2.56. The molecule has 11 aromatic carbocycles. The highest BCUT2D eigenvalue weighted by Crippen LogP contribution is 2.66. The fourth-order valence-corrected chi connectivity index (χ4v) is 16.3. The average Bonchev–Trinajstić information content (AvgIpc) is 1.77. The van der Waals surface area contributed by atoms with E-state index < -0.39 is 5.41 Å². The van der Waals surface area contributed by atoms with Crippen molar-refractivity contribution < 1.29 is 0 Å². The minimum atomic E-state index is -0.653. The third-order valence-electron chi connectivity index (χ3n) is 18.8. The molecule has 0 fully saturated rings. The molecule has 1 atom stereocenters. The zero-order valence-electron chi connectivity index (χ0n) is 47.1. The second kappa shape index (κ2) is 18.8. The summed E-state index contributed by atoms with van der Waals surface area (Å²) < 4.78 is 0.